The van der Waals surface area contributed by atoms with Gasteiger partial charge < -0.3 is 10.1 Å². The fourth-order valence-corrected chi connectivity index (χ4v) is 1.71. The van der Waals surface area contributed by atoms with E-state index in [0.29, 0.717) is 6.54 Å². The normalized spacial score (nSPS) is 13.8. The molecule has 0 saturated heterocycles. The molecule has 1 atom stereocenters. The zero-order chi connectivity index (χ0) is 15.8. The van der Waals surface area contributed by atoms with Gasteiger partial charge >= 0.3 is 12.1 Å². The van der Waals surface area contributed by atoms with Crippen molar-refractivity contribution in [2.45, 2.75) is 52.4 Å². The first-order valence-corrected chi connectivity index (χ1v) is 6.92. The predicted octanol–water partition coefficient (Wildman–Crippen LogP) is 2.19. The number of carbonyl (C=O) groups is 1. The maximum Gasteiger partial charge on any atom is 0.401 e. The maximum absolute atomic E-state index is 12.5. The van der Waals surface area contributed by atoms with Gasteiger partial charge in [-0.2, -0.15) is 13.2 Å². The minimum absolute atomic E-state index is 0.0178. The van der Waals surface area contributed by atoms with Crippen LogP contribution in [0.4, 0.5) is 13.2 Å². The largest absolute Gasteiger partial charge is 0.465 e. The highest BCUT2D eigenvalue weighted by atomic mass is 19.4. The highest BCUT2D eigenvalue weighted by Gasteiger charge is 2.34. The van der Waals surface area contributed by atoms with Crippen LogP contribution in [0.5, 0.6) is 0 Å². The molecule has 20 heavy (non-hydrogen) atoms. The number of rotatable bonds is 9. The summed E-state index contributed by atoms with van der Waals surface area (Å²) in [6, 6.07) is -1.04. The number of esters is 1. The molecule has 0 fully saturated rings. The smallest absolute Gasteiger partial charge is 0.401 e. The predicted molar refractivity (Wildman–Crippen MR) is 71.5 cm³/mol. The Bertz CT molecular complexity index is 283. The highest BCUT2D eigenvalue weighted by Crippen LogP contribution is 2.18. The van der Waals surface area contributed by atoms with Crippen LogP contribution in [0.25, 0.3) is 0 Å². The summed E-state index contributed by atoms with van der Waals surface area (Å²) in [5, 5.41) is 2.94. The van der Waals surface area contributed by atoms with E-state index in [1.165, 1.54) is 4.90 Å². The molecule has 0 amide bonds. The van der Waals surface area contributed by atoms with Crippen molar-refractivity contribution in [3.05, 3.63) is 0 Å². The second-order valence-corrected chi connectivity index (χ2v) is 4.90. The van der Waals surface area contributed by atoms with Gasteiger partial charge in [0.05, 0.1) is 13.2 Å². The van der Waals surface area contributed by atoms with E-state index in [9.17, 15) is 18.0 Å². The molecule has 0 aromatic heterocycles. The third-order valence-electron chi connectivity index (χ3n) is 2.74. The van der Waals surface area contributed by atoms with Gasteiger partial charge in [0.2, 0.25) is 0 Å². The first-order chi connectivity index (χ1) is 9.21. The molecule has 0 aliphatic rings. The summed E-state index contributed by atoms with van der Waals surface area (Å²) >= 11 is 0. The van der Waals surface area contributed by atoms with E-state index < -0.39 is 24.7 Å². The molecule has 0 spiro atoms. The second kappa shape index (κ2) is 9.18. The summed E-state index contributed by atoms with van der Waals surface area (Å²) < 4.78 is 42.5. The van der Waals surface area contributed by atoms with E-state index in [4.69, 9.17) is 4.74 Å². The van der Waals surface area contributed by atoms with Crippen molar-refractivity contribution in [3.63, 3.8) is 0 Å². The number of nitrogens with one attached hydrogen (secondary N) is 1. The molecule has 7 heteroatoms. The van der Waals surface area contributed by atoms with E-state index in [-0.39, 0.29) is 19.2 Å². The molecule has 0 aromatic carbocycles. The Kier molecular flexibility index (Phi) is 8.80. The Morgan fingerprint density at radius 3 is 2.30 bits per heavy atom. The fourth-order valence-electron chi connectivity index (χ4n) is 1.71. The lowest BCUT2D eigenvalue weighted by Gasteiger charge is -2.30. The van der Waals surface area contributed by atoms with E-state index in [1.54, 1.807) is 20.8 Å². The van der Waals surface area contributed by atoms with Gasteiger partial charge in [-0.3, -0.25) is 9.69 Å². The van der Waals surface area contributed by atoms with Gasteiger partial charge in [-0.25, -0.2) is 0 Å². The molecule has 0 radical (unpaired) electrons. The Morgan fingerprint density at radius 2 is 1.90 bits per heavy atom. The van der Waals surface area contributed by atoms with Crippen LogP contribution < -0.4 is 5.32 Å². The summed E-state index contributed by atoms with van der Waals surface area (Å²) in [5.41, 5.74) is 0. The average molecular weight is 298 g/mol. The fraction of sp³-hybridized carbons (Fsp3) is 0.923. The lowest BCUT2D eigenvalue weighted by atomic mass is 10.2. The minimum Gasteiger partial charge on any atom is -0.465 e. The van der Waals surface area contributed by atoms with Gasteiger partial charge in [-0.15, -0.1) is 0 Å². The molecule has 0 heterocycles. The molecule has 0 aromatic rings. The lowest BCUT2D eigenvalue weighted by molar-refractivity contribution is -0.156. The SMILES string of the molecule is CCCNC(CN(CC(F)(F)F)C(C)C)C(=O)OCC. The third-order valence-corrected chi connectivity index (χ3v) is 2.74. The Labute approximate surface area is 118 Å². The van der Waals surface area contributed by atoms with Crippen molar-refractivity contribution in [2.24, 2.45) is 0 Å². The highest BCUT2D eigenvalue weighted by molar-refractivity contribution is 5.76. The van der Waals surface area contributed by atoms with Crippen LogP contribution in [0, 0.1) is 0 Å². The van der Waals surface area contributed by atoms with Gasteiger partial charge in [0, 0.05) is 12.6 Å². The number of ether oxygens (including phenoxy) is 1. The van der Waals surface area contributed by atoms with Crippen molar-refractivity contribution >= 4 is 5.97 Å². The quantitative estimate of drug-likeness (QED) is 0.663. The summed E-state index contributed by atoms with van der Waals surface area (Å²) in [6.45, 7) is 6.66. The minimum atomic E-state index is -4.28. The van der Waals surface area contributed by atoms with Crippen molar-refractivity contribution in [1.29, 1.82) is 0 Å². The zero-order valence-electron chi connectivity index (χ0n) is 12.6. The molecule has 120 valence electrons. The summed E-state index contributed by atoms with van der Waals surface area (Å²) in [7, 11) is 0. The first-order valence-electron chi connectivity index (χ1n) is 6.92. The van der Waals surface area contributed by atoms with Crippen LogP contribution in [0.2, 0.25) is 0 Å². The molecule has 0 bridgehead atoms. The number of hydrogen-bond acceptors (Lipinski definition) is 4. The van der Waals surface area contributed by atoms with Gasteiger partial charge in [0.1, 0.15) is 6.04 Å². The topological polar surface area (TPSA) is 41.6 Å². The zero-order valence-corrected chi connectivity index (χ0v) is 12.6. The van der Waals surface area contributed by atoms with E-state index in [1.807, 2.05) is 6.92 Å². The Morgan fingerprint density at radius 1 is 1.30 bits per heavy atom. The average Bonchev–Trinajstić information content (AvgIpc) is 2.31. The van der Waals surface area contributed by atoms with Crippen molar-refractivity contribution in [1.82, 2.24) is 10.2 Å². The van der Waals surface area contributed by atoms with Crippen molar-refractivity contribution in [2.75, 3.05) is 26.2 Å². The maximum atomic E-state index is 12.5. The molecular weight excluding hydrogens is 273 g/mol. The molecular formula is C13H25F3N2O2. The molecule has 0 aliphatic heterocycles. The molecule has 1 unspecified atom stereocenters. The number of carbonyl (C=O) groups excluding carboxylic acids is 1. The van der Waals surface area contributed by atoms with Crippen LogP contribution in [-0.2, 0) is 9.53 Å². The molecule has 0 saturated carbocycles. The monoisotopic (exact) mass is 298 g/mol. The number of halogens is 3. The first kappa shape index (κ1) is 19.2. The molecule has 1 N–H and O–H groups in total. The van der Waals surface area contributed by atoms with E-state index in [0.717, 1.165) is 6.42 Å². The van der Waals surface area contributed by atoms with Gasteiger partial charge in [0.25, 0.3) is 0 Å². The van der Waals surface area contributed by atoms with Crippen LogP contribution in [-0.4, -0.2) is 55.4 Å². The molecule has 0 aliphatic carbocycles. The third kappa shape index (κ3) is 8.37. The lowest BCUT2D eigenvalue weighted by Crippen LogP contribution is -2.51. The standard InChI is InChI=1S/C13H25F3N2O2/c1-5-7-17-11(12(19)20-6-2)8-18(10(3)4)9-13(14,15)16/h10-11,17H,5-9H2,1-4H3. The summed E-state index contributed by atoms with van der Waals surface area (Å²) in [4.78, 5) is 13.0. The van der Waals surface area contributed by atoms with E-state index >= 15 is 0 Å². The van der Waals surface area contributed by atoms with Crippen LogP contribution >= 0.6 is 0 Å². The molecule has 4 nitrogen and oxygen atoms in total. The van der Waals surface area contributed by atoms with Crippen LogP contribution in [0.15, 0.2) is 0 Å². The Hall–Kier alpha value is -0.820. The van der Waals surface area contributed by atoms with Gasteiger partial charge in [0.15, 0.2) is 0 Å². The van der Waals surface area contributed by atoms with Crippen LogP contribution in [0.3, 0.4) is 0 Å². The van der Waals surface area contributed by atoms with E-state index in [2.05, 4.69) is 5.32 Å². The number of alkyl halides is 3. The summed E-state index contributed by atoms with van der Waals surface area (Å²) in [5.74, 6) is -0.506. The number of nitrogens with zero attached hydrogens (tertiary/aromatic N) is 1. The van der Waals surface area contributed by atoms with Crippen molar-refractivity contribution < 1.29 is 22.7 Å². The molecule has 0 rings (SSSR count). The Balaban J connectivity index is 4.74. The van der Waals surface area contributed by atoms with Crippen molar-refractivity contribution in [3.8, 4) is 0 Å². The second-order valence-electron chi connectivity index (χ2n) is 4.90. The number of hydrogen-bond donors (Lipinski definition) is 1. The van der Waals surface area contributed by atoms with Gasteiger partial charge in [-0.05, 0) is 33.7 Å². The van der Waals surface area contributed by atoms with Crippen LogP contribution in [0.1, 0.15) is 34.1 Å². The summed E-state index contributed by atoms with van der Waals surface area (Å²) in [6.07, 6.45) is -3.49. The van der Waals surface area contributed by atoms with Gasteiger partial charge in [-0.1, -0.05) is 6.92 Å².